The number of alkyl halides is 3. The molecule has 0 radical (unpaired) electrons. The van der Waals surface area contributed by atoms with Gasteiger partial charge in [-0.15, -0.1) is 0 Å². The van der Waals surface area contributed by atoms with E-state index in [0.717, 1.165) is 6.07 Å². The van der Waals surface area contributed by atoms with Gasteiger partial charge in [-0.25, -0.2) is 15.0 Å². The molecular formula is C24H17F3N4O2. The highest BCUT2D eigenvalue weighted by molar-refractivity contribution is 5.94. The molecule has 6 nitrogen and oxygen atoms in total. The van der Waals surface area contributed by atoms with E-state index in [9.17, 15) is 18.0 Å². The highest BCUT2D eigenvalue weighted by Crippen LogP contribution is 2.32. The number of carbonyl (C=O) groups excluding carboxylic acids is 1. The van der Waals surface area contributed by atoms with Crippen molar-refractivity contribution in [3.63, 3.8) is 0 Å². The van der Waals surface area contributed by atoms with E-state index < -0.39 is 17.6 Å². The van der Waals surface area contributed by atoms with E-state index >= 15 is 0 Å². The molecule has 1 N–H and O–H groups in total. The number of rotatable bonds is 6. The molecule has 0 unspecified atom stereocenters. The predicted molar refractivity (Wildman–Crippen MR) is 114 cm³/mol. The van der Waals surface area contributed by atoms with Crippen molar-refractivity contribution in [2.75, 3.05) is 0 Å². The third-order valence-electron chi connectivity index (χ3n) is 4.70. The molecule has 2 heterocycles. The fourth-order valence-electron chi connectivity index (χ4n) is 3.16. The Morgan fingerprint density at radius 1 is 0.939 bits per heavy atom. The zero-order valence-electron chi connectivity index (χ0n) is 17.1. The predicted octanol–water partition coefficient (Wildman–Crippen LogP) is 5.28. The zero-order chi connectivity index (χ0) is 23.3. The summed E-state index contributed by atoms with van der Waals surface area (Å²) >= 11 is 0. The van der Waals surface area contributed by atoms with Crippen LogP contribution in [0.3, 0.4) is 0 Å². The summed E-state index contributed by atoms with van der Waals surface area (Å²) < 4.78 is 45.4. The molecule has 4 aromatic rings. The third kappa shape index (κ3) is 5.32. The Morgan fingerprint density at radius 3 is 2.58 bits per heavy atom. The van der Waals surface area contributed by atoms with Gasteiger partial charge in [0.2, 0.25) is 5.88 Å². The van der Waals surface area contributed by atoms with Crippen molar-refractivity contribution in [2.24, 2.45) is 0 Å². The van der Waals surface area contributed by atoms with Gasteiger partial charge in [0, 0.05) is 24.5 Å². The molecule has 0 aliphatic heterocycles. The molecule has 0 fully saturated rings. The first-order valence-corrected chi connectivity index (χ1v) is 9.84. The number of nitrogens with zero attached hydrogens (tertiary/aromatic N) is 3. The van der Waals surface area contributed by atoms with Crippen molar-refractivity contribution in [2.45, 2.75) is 12.7 Å². The maximum absolute atomic E-state index is 13.2. The summed E-state index contributed by atoms with van der Waals surface area (Å²) in [4.78, 5) is 24.9. The van der Waals surface area contributed by atoms with E-state index in [4.69, 9.17) is 4.74 Å². The summed E-state index contributed by atoms with van der Waals surface area (Å²) in [5.41, 5.74) is 0.684. The van der Waals surface area contributed by atoms with Gasteiger partial charge in [-0.2, -0.15) is 13.2 Å². The molecule has 1 amide bonds. The van der Waals surface area contributed by atoms with Gasteiger partial charge in [0.15, 0.2) is 0 Å². The monoisotopic (exact) mass is 450 g/mol. The minimum atomic E-state index is -4.50. The number of benzene rings is 2. The molecular weight excluding hydrogens is 433 g/mol. The summed E-state index contributed by atoms with van der Waals surface area (Å²) in [6.07, 6.45) is 0.0723. The second-order valence-electron chi connectivity index (χ2n) is 6.92. The Hall–Kier alpha value is -4.27. The Morgan fingerprint density at radius 2 is 1.79 bits per heavy atom. The lowest BCUT2D eigenvalue weighted by molar-refractivity contribution is -0.138. The van der Waals surface area contributed by atoms with E-state index in [1.807, 2.05) is 0 Å². The van der Waals surface area contributed by atoms with E-state index in [0.29, 0.717) is 17.0 Å². The zero-order valence-corrected chi connectivity index (χ0v) is 17.1. The maximum atomic E-state index is 13.2. The van der Waals surface area contributed by atoms with Gasteiger partial charge in [-0.1, -0.05) is 24.3 Å². The molecule has 0 bridgehead atoms. The lowest BCUT2D eigenvalue weighted by Gasteiger charge is -2.13. The van der Waals surface area contributed by atoms with Gasteiger partial charge in [0.25, 0.3) is 5.91 Å². The van der Waals surface area contributed by atoms with Crippen LogP contribution in [0.15, 0.2) is 85.5 Å². The first-order chi connectivity index (χ1) is 15.9. The first kappa shape index (κ1) is 21.9. The fourth-order valence-corrected chi connectivity index (χ4v) is 3.16. The smallest absolute Gasteiger partial charge is 0.416 e. The van der Waals surface area contributed by atoms with Crippen molar-refractivity contribution < 1.29 is 22.7 Å². The number of nitrogens with one attached hydrogen (secondary N) is 1. The number of carbonyl (C=O) groups is 1. The van der Waals surface area contributed by atoms with E-state index in [2.05, 4.69) is 20.3 Å². The fraction of sp³-hybridized carbons (Fsp3) is 0.0833. The van der Waals surface area contributed by atoms with Gasteiger partial charge in [-0.3, -0.25) is 4.79 Å². The second-order valence-corrected chi connectivity index (χ2v) is 6.92. The number of hydrogen-bond donors (Lipinski definition) is 1. The molecule has 0 spiro atoms. The van der Waals surface area contributed by atoms with Crippen LogP contribution in [0.1, 0.15) is 21.5 Å². The van der Waals surface area contributed by atoms with Crippen LogP contribution in [0.25, 0.3) is 11.3 Å². The van der Waals surface area contributed by atoms with Crippen LogP contribution < -0.4 is 10.1 Å². The molecule has 0 atom stereocenters. The number of pyridine rings is 1. The summed E-state index contributed by atoms with van der Waals surface area (Å²) in [6, 6.07) is 16.7. The third-order valence-corrected chi connectivity index (χ3v) is 4.70. The number of hydrogen-bond acceptors (Lipinski definition) is 5. The Kier molecular flexibility index (Phi) is 6.30. The van der Waals surface area contributed by atoms with Crippen LogP contribution in [0.4, 0.5) is 13.2 Å². The number of aromatic nitrogens is 3. The van der Waals surface area contributed by atoms with Crippen molar-refractivity contribution in [1.29, 1.82) is 0 Å². The van der Waals surface area contributed by atoms with Crippen LogP contribution in [0.5, 0.6) is 11.6 Å². The van der Waals surface area contributed by atoms with Crippen molar-refractivity contribution >= 4 is 5.91 Å². The lowest BCUT2D eigenvalue weighted by Crippen LogP contribution is -2.24. The van der Waals surface area contributed by atoms with Gasteiger partial charge in [0.1, 0.15) is 12.1 Å². The van der Waals surface area contributed by atoms with Crippen LogP contribution >= 0.6 is 0 Å². The SMILES string of the molecule is O=C(NCc1ccccc1C(F)(F)F)c1cccc(Oc2ncccc2-c2ccncn2)c1. The molecule has 0 aliphatic carbocycles. The van der Waals surface area contributed by atoms with Crippen molar-refractivity contribution in [3.8, 4) is 22.9 Å². The maximum Gasteiger partial charge on any atom is 0.416 e. The average molecular weight is 450 g/mol. The minimum Gasteiger partial charge on any atom is -0.438 e. The van der Waals surface area contributed by atoms with Gasteiger partial charge in [-0.05, 0) is 48.0 Å². The van der Waals surface area contributed by atoms with Crippen molar-refractivity contribution in [3.05, 3.63) is 102 Å². The number of halogens is 3. The summed E-state index contributed by atoms with van der Waals surface area (Å²) in [5, 5.41) is 2.53. The summed E-state index contributed by atoms with van der Waals surface area (Å²) in [5.74, 6) is 0.0923. The summed E-state index contributed by atoms with van der Waals surface area (Å²) in [6.45, 7) is -0.266. The molecule has 9 heteroatoms. The standard InChI is InChI=1S/C24H17F3N4O2/c25-24(26,27)20-9-2-1-5-17(20)14-30-22(32)16-6-3-7-18(13-16)33-23-19(8-4-11-29-23)21-10-12-28-15-31-21/h1-13,15H,14H2,(H,30,32). The Bertz CT molecular complexity index is 1260. The van der Waals surface area contributed by atoms with E-state index in [-0.39, 0.29) is 23.6 Å². The normalized spacial score (nSPS) is 11.1. The molecule has 2 aromatic heterocycles. The second kappa shape index (κ2) is 9.47. The molecule has 2 aromatic carbocycles. The minimum absolute atomic E-state index is 0.0197. The topological polar surface area (TPSA) is 77.0 Å². The largest absolute Gasteiger partial charge is 0.438 e. The highest BCUT2D eigenvalue weighted by atomic mass is 19.4. The molecule has 0 aliphatic rings. The average Bonchev–Trinajstić information content (AvgIpc) is 2.83. The lowest BCUT2D eigenvalue weighted by atomic mass is 10.1. The van der Waals surface area contributed by atoms with E-state index in [1.165, 1.54) is 30.6 Å². The van der Waals surface area contributed by atoms with Crippen LogP contribution in [-0.4, -0.2) is 20.9 Å². The quantitative estimate of drug-likeness (QED) is 0.433. The van der Waals surface area contributed by atoms with Crippen LogP contribution in [-0.2, 0) is 12.7 Å². The number of ether oxygens (including phenoxy) is 1. The van der Waals surface area contributed by atoms with Gasteiger partial charge in [0.05, 0.1) is 16.8 Å². The van der Waals surface area contributed by atoms with Gasteiger partial charge >= 0.3 is 6.18 Å². The number of amides is 1. The molecule has 4 rings (SSSR count). The Labute approximate surface area is 187 Å². The van der Waals surface area contributed by atoms with Gasteiger partial charge < -0.3 is 10.1 Å². The summed E-state index contributed by atoms with van der Waals surface area (Å²) in [7, 11) is 0. The highest BCUT2D eigenvalue weighted by Gasteiger charge is 2.32. The Balaban J connectivity index is 1.50. The van der Waals surface area contributed by atoms with Crippen LogP contribution in [0.2, 0.25) is 0 Å². The molecule has 33 heavy (non-hydrogen) atoms. The van der Waals surface area contributed by atoms with Crippen molar-refractivity contribution in [1.82, 2.24) is 20.3 Å². The molecule has 0 saturated heterocycles. The first-order valence-electron chi connectivity index (χ1n) is 9.84. The molecule has 0 saturated carbocycles. The van der Waals surface area contributed by atoms with Crippen LogP contribution in [0, 0.1) is 0 Å². The molecule has 166 valence electrons. The van der Waals surface area contributed by atoms with E-state index in [1.54, 1.807) is 48.8 Å².